The van der Waals surface area contributed by atoms with Gasteiger partial charge in [-0.3, -0.25) is 0 Å². The summed E-state index contributed by atoms with van der Waals surface area (Å²) in [5.41, 5.74) is 6.74. The van der Waals surface area contributed by atoms with Crippen molar-refractivity contribution in [2.45, 2.75) is 25.8 Å². The lowest BCUT2D eigenvalue weighted by atomic mass is 10.0. The van der Waals surface area contributed by atoms with E-state index in [1.807, 2.05) is 0 Å². The molecule has 0 aliphatic rings. The zero-order valence-electron chi connectivity index (χ0n) is 7.56. The van der Waals surface area contributed by atoms with Gasteiger partial charge in [0.15, 0.2) is 0 Å². The quantitative estimate of drug-likeness (QED) is 0.798. The maximum atomic E-state index is 12.8. The minimum Gasteiger partial charge on any atom is -0.324 e. The molecule has 0 spiro atoms. The highest BCUT2D eigenvalue weighted by molar-refractivity contribution is 6.30. The van der Waals surface area contributed by atoms with Crippen LogP contribution in [0.2, 0.25) is 5.02 Å². The van der Waals surface area contributed by atoms with Crippen molar-refractivity contribution in [3.8, 4) is 0 Å². The van der Waals surface area contributed by atoms with Gasteiger partial charge in [0.05, 0.1) is 5.02 Å². The predicted molar refractivity (Wildman–Crippen MR) is 53.2 cm³/mol. The van der Waals surface area contributed by atoms with Gasteiger partial charge in [-0.2, -0.15) is 0 Å². The summed E-state index contributed by atoms with van der Waals surface area (Å²) >= 11 is 5.63. The van der Waals surface area contributed by atoms with Crippen LogP contribution < -0.4 is 5.73 Å². The van der Waals surface area contributed by atoms with Crippen LogP contribution in [0.3, 0.4) is 0 Å². The van der Waals surface area contributed by atoms with Gasteiger partial charge in [-0.05, 0) is 24.1 Å². The van der Waals surface area contributed by atoms with Crippen LogP contribution in [0.15, 0.2) is 18.2 Å². The summed E-state index contributed by atoms with van der Waals surface area (Å²) in [5.74, 6) is -0.394. The van der Waals surface area contributed by atoms with Crippen LogP contribution in [0, 0.1) is 5.82 Å². The van der Waals surface area contributed by atoms with Gasteiger partial charge in [-0.25, -0.2) is 4.39 Å². The topological polar surface area (TPSA) is 26.0 Å². The molecule has 0 aromatic heterocycles. The van der Waals surface area contributed by atoms with Crippen LogP contribution in [0.1, 0.15) is 31.4 Å². The molecule has 1 atom stereocenters. The molecule has 0 aliphatic heterocycles. The molecule has 0 unspecified atom stereocenters. The first-order chi connectivity index (χ1) is 6.15. The Kier molecular flexibility index (Phi) is 3.70. The first-order valence-corrected chi connectivity index (χ1v) is 4.73. The Hall–Kier alpha value is -0.600. The number of benzene rings is 1. The number of halogens is 2. The van der Waals surface area contributed by atoms with Crippen LogP contribution in [0.25, 0.3) is 0 Å². The molecule has 0 saturated heterocycles. The molecular formula is C10H13ClFN. The van der Waals surface area contributed by atoms with Crippen molar-refractivity contribution in [1.82, 2.24) is 0 Å². The van der Waals surface area contributed by atoms with Gasteiger partial charge in [-0.1, -0.05) is 31.0 Å². The van der Waals surface area contributed by atoms with Crippen LogP contribution in [0.5, 0.6) is 0 Å². The van der Waals surface area contributed by atoms with Crippen LogP contribution in [-0.2, 0) is 0 Å². The van der Waals surface area contributed by atoms with Gasteiger partial charge >= 0.3 is 0 Å². The summed E-state index contributed by atoms with van der Waals surface area (Å²) in [6, 6.07) is 4.59. The minimum absolute atomic E-state index is 0.0388. The Balaban J connectivity index is 2.84. The third kappa shape index (κ3) is 2.68. The summed E-state index contributed by atoms with van der Waals surface area (Å²) in [4.78, 5) is 0. The second kappa shape index (κ2) is 4.58. The van der Waals surface area contributed by atoms with Crippen molar-refractivity contribution < 1.29 is 4.39 Å². The second-order valence-electron chi connectivity index (χ2n) is 3.07. The average Bonchev–Trinajstić information content (AvgIpc) is 2.10. The van der Waals surface area contributed by atoms with E-state index in [1.54, 1.807) is 12.1 Å². The van der Waals surface area contributed by atoms with Crippen molar-refractivity contribution in [2.24, 2.45) is 5.73 Å². The smallest absolute Gasteiger partial charge is 0.141 e. The van der Waals surface area contributed by atoms with Crippen molar-refractivity contribution in [3.63, 3.8) is 0 Å². The van der Waals surface area contributed by atoms with Gasteiger partial charge in [0.2, 0.25) is 0 Å². The van der Waals surface area contributed by atoms with Gasteiger partial charge in [0, 0.05) is 6.04 Å². The molecule has 0 saturated carbocycles. The molecule has 72 valence electrons. The molecule has 13 heavy (non-hydrogen) atoms. The van der Waals surface area contributed by atoms with E-state index in [0.717, 1.165) is 18.4 Å². The summed E-state index contributed by atoms with van der Waals surface area (Å²) in [7, 11) is 0. The lowest BCUT2D eigenvalue weighted by Gasteiger charge is -2.10. The highest BCUT2D eigenvalue weighted by atomic mass is 35.5. The number of hydrogen-bond acceptors (Lipinski definition) is 1. The van der Waals surface area contributed by atoms with Gasteiger partial charge in [0.25, 0.3) is 0 Å². The SMILES string of the molecule is CCC[C@@H](N)c1ccc(F)c(Cl)c1. The van der Waals surface area contributed by atoms with Gasteiger partial charge in [0.1, 0.15) is 5.82 Å². The Labute approximate surface area is 82.7 Å². The van der Waals surface area contributed by atoms with Gasteiger partial charge < -0.3 is 5.73 Å². The number of hydrogen-bond donors (Lipinski definition) is 1. The fraction of sp³-hybridized carbons (Fsp3) is 0.400. The summed E-state index contributed by atoms with van der Waals surface area (Å²) < 4.78 is 12.8. The zero-order valence-corrected chi connectivity index (χ0v) is 8.31. The largest absolute Gasteiger partial charge is 0.324 e. The molecule has 1 aromatic rings. The maximum Gasteiger partial charge on any atom is 0.141 e. The van der Waals surface area contributed by atoms with Crippen molar-refractivity contribution in [2.75, 3.05) is 0 Å². The molecule has 0 bridgehead atoms. The lowest BCUT2D eigenvalue weighted by Crippen LogP contribution is -2.09. The van der Waals surface area contributed by atoms with E-state index in [0.29, 0.717) is 0 Å². The van der Waals surface area contributed by atoms with E-state index in [-0.39, 0.29) is 11.1 Å². The summed E-state index contributed by atoms with van der Waals surface area (Å²) in [5, 5.41) is 0.143. The molecule has 2 N–H and O–H groups in total. The molecule has 3 heteroatoms. The predicted octanol–water partition coefficient (Wildman–Crippen LogP) is 3.28. The highest BCUT2D eigenvalue weighted by Gasteiger charge is 2.07. The Bertz CT molecular complexity index is 288. The molecule has 0 fully saturated rings. The Morgan fingerprint density at radius 3 is 2.77 bits per heavy atom. The van der Waals surface area contributed by atoms with Crippen molar-refractivity contribution in [3.05, 3.63) is 34.6 Å². The summed E-state index contributed by atoms with van der Waals surface area (Å²) in [6.45, 7) is 2.06. The standard InChI is InChI=1S/C10H13ClFN/c1-2-3-10(13)7-4-5-9(12)8(11)6-7/h4-6,10H,2-3,13H2,1H3/t10-/m1/s1. The third-order valence-electron chi connectivity index (χ3n) is 1.97. The van der Waals surface area contributed by atoms with Crippen LogP contribution >= 0.6 is 11.6 Å². The number of rotatable bonds is 3. The third-order valence-corrected chi connectivity index (χ3v) is 2.26. The van der Waals surface area contributed by atoms with Crippen LogP contribution in [-0.4, -0.2) is 0 Å². The zero-order chi connectivity index (χ0) is 9.84. The monoisotopic (exact) mass is 201 g/mol. The lowest BCUT2D eigenvalue weighted by molar-refractivity contribution is 0.616. The molecule has 1 nitrogen and oxygen atoms in total. The molecule has 0 radical (unpaired) electrons. The molecule has 1 rings (SSSR count). The summed E-state index contributed by atoms with van der Waals surface area (Å²) in [6.07, 6.45) is 1.90. The fourth-order valence-electron chi connectivity index (χ4n) is 1.22. The van der Waals surface area contributed by atoms with E-state index < -0.39 is 5.82 Å². The molecule has 1 aromatic carbocycles. The maximum absolute atomic E-state index is 12.8. The molecule has 0 amide bonds. The highest BCUT2D eigenvalue weighted by Crippen LogP contribution is 2.21. The first-order valence-electron chi connectivity index (χ1n) is 4.35. The molecular weight excluding hydrogens is 189 g/mol. The van der Waals surface area contributed by atoms with E-state index in [1.165, 1.54) is 6.07 Å². The van der Waals surface area contributed by atoms with E-state index >= 15 is 0 Å². The first kappa shape index (κ1) is 10.5. The van der Waals surface area contributed by atoms with Crippen LogP contribution in [0.4, 0.5) is 4.39 Å². The Morgan fingerprint density at radius 2 is 2.23 bits per heavy atom. The van der Waals surface area contributed by atoms with E-state index in [4.69, 9.17) is 17.3 Å². The van der Waals surface area contributed by atoms with Crippen molar-refractivity contribution >= 4 is 11.6 Å². The molecule has 0 heterocycles. The second-order valence-corrected chi connectivity index (χ2v) is 3.48. The number of nitrogens with two attached hydrogens (primary N) is 1. The normalized spacial score (nSPS) is 12.9. The van der Waals surface area contributed by atoms with Gasteiger partial charge in [-0.15, -0.1) is 0 Å². The van der Waals surface area contributed by atoms with E-state index in [2.05, 4.69) is 6.92 Å². The minimum atomic E-state index is -0.394. The van der Waals surface area contributed by atoms with Crippen molar-refractivity contribution in [1.29, 1.82) is 0 Å². The van der Waals surface area contributed by atoms with E-state index in [9.17, 15) is 4.39 Å². The molecule has 0 aliphatic carbocycles. The fourth-order valence-corrected chi connectivity index (χ4v) is 1.41. The Morgan fingerprint density at radius 1 is 1.54 bits per heavy atom. The average molecular weight is 202 g/mol.